The Bertz CT molecular complexity index is 611. The average molecular weight is 339 g/mol. The first-order valence-corrected chi connectivity index (χ1v) is 7.12. The third kappa shape index (κ3) is 3.58. The van der Waals surface area contributed by atoms with E-state index in [2.05, 4.69) is 15.9 Å². The number of ether oxygens (including phenoxy) is 1. The maximum atomic E-state index is 13.7. The lowest BCUT2D eigenvalue weighted by atomic mass is 10.1. The van der Waals surface area contributed by atoms with Crippen LogP contribution in [0.25, 0.3) is 0 Å². The van der Waals surface area contributed by atoms with Crippen LogP contribution in [0.5, 0.6) is 5.75 Å². The van der Waals surface area contributed by atoms with E-state index >= 15 is 0 Å². The van der Waals surface area contributed by atoms with Gasteiger partial charge in [-0.3, -0.25) is 0 Å². The summed E-state index contributed by atoms with van der Waals surface area (Å²) in [6.45, 7) is 3.76. The van der Waals surface area contributed by atoms with Crippen LogP contribution in [0.1, 0.15) is 29.7 Å². The third-order valence-corrected chi connectivity index (χ3v) is 3.51. The molecule has 0 radical (unpaired) electrons. The van der Waals surface area contributed by atoms with E-state index in [1.54, 1.807) is 25.1 Å². The van der Waals surface area contributed by atoms with Crippen LogP contribution in [0.2, 0.25) is 0 Å². The van der Waals surface area contributed by atoms with Crippen molar-refractivity contribution in [3.05, 3.63) is 63.4 Å². The Morgan fingerprint density at radius 2 is 2.00 bits per heavy atom. The molecule has 0 saturated carbocycles. The second-order valence-electron chi connectivity index (χ2n) is 4.74. The summed E-state index contributed by atoms with van der Waals surface area (Å²) in [6.07, 6.45) is -0.625. The smallest absolute Gasteiger partial charge is 0.130 e. The van der Waals surface area contributed by atoms with Crippen molar-refractivity contribution in [3.8, 4) is 5.75 Å². The van der Waals surface area contributed by atoms with E-state index in [9.17, 15) is 9.50 Å². The molecule has 2 aromatic carbocycles. The fourth-order valence-corrected chi connectivity index (χ4v) is 2.25. The van der Waals surface area contributed by atoms with Gasteiger partial charge in [0, 0.05) is 15.6 Å². The fourth-order valence-electron chi connectivity index (χ4n) is 1.92. The number of aliphatic hydroxyl groups is 1. The molecule has 0 bridgehead atoms. The number of aliphatic hydroxyl groups excluding tert-OH is 1. The van der Waals surface area contributed by atoms with Crippen LogP contribution in [0.4, 0.5) is 4.39 Å². The molecule has 1 unspecified atom stereocenters. The molecule has 2 nitrogen and oxygen atoms in total. The van der Waals surface area contributed by atoms with Gasteiger partial charge in [0.15, 0.2) is 0 Å². The first-order valence-electron chi connectivity index (χ1n) is 6.32. The highest BCUT2D eigenvalue weighted by molar-refractivity contribution is 9.10. The fraction of sp³-hybridized carbons (Fsp3) is 0.250. The number of hydrogen-bond acceptors (Lipinski definition) is 2. The summed E-state index contributed by atoms with van der Waals surface area (Å²) in [5.41, 5.74) is 2.23. The van der Waals surface area contributed by atoms with Gasteiger partial charge in [0.2, 0.25) is 0 Å². The number of aryl methyl sites for hydroxylation is 1. The predicted molar refractivity (Wildman–Crippen MR) is 80.2 cm³/mol. The number of rotatable bonds is 4. The Morgan fingerprint density at radius 1 is 1.25 bits per heavy atom. The summed E-state index contributed by atoms with van der Waals surface area (Å²) in [5.74, 6) is 0.262. The van der Waals surface area contributed by atoms with Gasteiger partial charge in [0.05, 0.1) is 6.10 Å². The summed E-state index contributed by atoms with van der Waals surface area (Å²) >= 11 is 3.22. The van der Waals surface area contributed by atoms with Gasteiger partial charge in [-0.15, -0.1) is 0 Å². The first kappa shape index (κ1) is 15.0. The normalized spacial score (nSPS) is 12.2. The van der Waals surface area contributed by atoms with Gasteiger partial charge in [-0.05, 0) is 38.1 Å². The molecule has 0 saturated heterocycles. The maximum Gasteiger partial charge on any atom is 0.130 e. The van der Waals surface area contributed by atoms with Crippen molar-refractivity contribution in [2.75, 3.05) is 0 Å². The van der Waals surface area contributed by atoms with E-state index in [4.69, 9.17) is 4.74 Å². The molecule has 20 heavy (non-hydrogen) atoms. The Balaban J connectivity index is 2.18. The minimum absolute atomic E-state index is 0.127. The number of halogens is 2. The average Bonchev–Trinajstić information content (AvgIpc) is 2.38. The van der Waals surface area contributed by atoms with E-state index < -0.39 is 6.10 Å². The van der Waals surface area contributed by atoms with Crippen LogP contribution in [-0.2, 0) is 6.61 Å². The van der Waals surface area contributed by atoms with E-state index in [0.29, 0.717) is 21.3 Å². The van der Waals surface area contributed by atoms with Crippen molar-refractivity contribution < 1.29 is 14.2 Å². The molecule has 2 rings (SSSR count). The molecular weight excluding hydrogens is 323 g/mol. The molecule has 0 fully saturated rings. The lowest BCUT2D eigenvalue weighted by molar-refractivity contribution is 0.189. The van der Waals surface area contributed by atoms with Gasteiger partial charge in [-0.25, -0.2) is 4.39 Å². The van der Waals surface area contributed by atoms with Crippen LogP contribution in [0.15, 0.2) is 40.9 Å². The molecular formula is C16H16BrFO2. The van der Waals surface area contributed by atoms with Crippen LogP contribution in [-0.4, -0.2) is 5.11 Å². The van der Waals surface area contributed by atoms with Gasteiger partial charge < -0.3 is 9.84 Å². The van der Waals surface area contributed by atoms with Gasteiger partial charge in [-0.2, -0.15) is 0 Å². The predicted octanol–water partition coefficient (Wildman–Crippen LogP) is 4.53. The lowest BCUT2D eigenvalue weighted by Crippen LogP contribution is -2.03. The molecule has 0 aromatic heterocycles. The zero-order valence-corrected chi connectivity index (χ0v) is 12.9. The number of hydrogen-bond donors (Lipinski definition) is 1. The van der Waals surface area contributed by atoms with Gasteiger partial charge >= 0.3 is 0 Å². The summed E-state index contributed by atoms with van der Waals surface area (Å²) in [6, 6.07) is 10.4. The summed E-state index contributed by atoms with van der Waals surface area (Å²) in [4.78, 5) is 0. The zero-order chi connectivity index (χ0) is 14.7. The Hall–Kier alpha value is -1.39. The van der Waals surface area contributed by atoms with Gasteiger partial charge in [-0.1, -0.05) is 33.6 Å². The van der Waals surface area contributed by atoms with Crippen molar-refractivity contribution in [1.82, 2.24) is 0 Å². The molecule has 1 N–H and O–H groups in total. The van der Waals surface area contributed by atoms with Gasteiger partial charge in [0.1, 0.15) is 18.2 Å². The third-order valence-electron chi connectivity index (χ3n) is 3.01. The largest absolute Gasteiger partial charge is 0.488 e. The topological polar surface area (TPSA) is 29.5 Å². The molecule has 0 spiro atoms. The Labute approximate surface area is 126 Å². The molecule has 0 heterocycles. The van der Waals surface area contributed by atoms with Crippen LogP contribution in [0, 0.1) is 12.7 Å². The number of benzene rings is 2. The van der Waals surface area contributed by atoms with Crippen molar-refractivity contribution >= 4 is 15.9 Å². The molecule has 2 aromatic rings. The molecule has 0 aliphatic rings. The SMILES string of the molecule is Cc1ccc(OCc2ccc(Br)cc2F)c(C(C)O)c1. The summed E-state index contributed by atoms with van der Waals surface area (Å²) in [5, 5.41) is 9.76. The van der Waals surface area contributed by atoms with Crippen molar-refractivity contribution in [1.29, 1.82) is 0 Å². The monoisotopic (exact) mass is 338 g/mol. The minimum atomic E-state index is -0.625. The molecule has 0 amide bonds. The van der Waals surface area contributed by atoms with Crippen LogP contribution in [0.3, 0.4) is 0 Å². The molecule has 4 heteroatoms. The lowest BCUT2D eigenvalue weighted by Gasteiger charge is -2.14. The van der Waals surface area contributed by atoms with E-state index in [1.807, 2.05) is 19.1 Å². The molecule has 106 valence electrons. The highest BCUT2D eigenvalue weighted by Crippen LogP contribution is 2.27. The quantitative estimate of drug-likeness (QED) is 0.887. The second-order valence-corrected chi connectivity index (χ2v) is 5.66. The minimum Gasteiger partial charge on any atom is -0.488 e. The van der Waals surface area contributed by atoms with Crippen LogP contribution >= 0.6 is 15.9 Å². The highest BCUT2D eigenvalue weighted by Gasteiger charge is 2.11. The Kier molecular flexibility index (Phi) is 4.78. The maximum absolute atomic E-state index is 13.7. The second kappa shape index (κ2) is 6.37. The first-order chi connectivity index (χ1) is 9.47. The molecule has 0 aliphatic heterocycles. The van der Waals surface area contributed by atoms with Crippen LogP contribution < -0.4 is 4.74 Å². The molecule has 0 aliphatic carbocycles. The summed E-state index contributed by atoms with van der Waals surface area (Å²) < 4.78 is 20.1. The molecule has 1 atom stereocenters. The van der Waals surface area contributed by atoms with Crippen molar-refractivity contribution in [2.45, 2.75) is 26.6 Å². The summed E-state index contributed by atoms with van der Waals surface area (Å²) in [7, 11) is 0. The highest BCUT2D eigenvalue weighted by atomic mass is 79.9. The van der Waals surface area contributed by atoms with E-state index in [0.717, 1.165) is 5.56 Å². The van der Waals surface area contributed by atoms with Crippen molar-refractivity contribution in [3.63, 3.8) is 0 Å². The Morgan fingerprint density at radius 3 is 2.65 bits per heavy atom. The zero-order valence-electron chi connectivity index (χ0n) is 11.4. The standard InChI is InChI=1S/C16H16BrFO2/c1-10-3-6-16(14(7-10)11(2)19)20-9-12-4-5-13(17)8-15(12)18/h3-8,11,19H,9H2,1-2H3. The van der Waals surface area contributed by atoms with Crippen molar-refractivity contribution in [2.24, 2.45) is 0 Å². The van der Waals surface area contributed by atoms with Gasteiger partial charge in [0.25, 0.3) is 0 Å². The van der Waals surface area contributed by atoms with E-state index in [1.165, 1.54) is 6.07 Å². The van der Waals surface area contributed by atoms with E-state index in [-0.39, 0.29) is 12.4 Å².